The molecule has 2 heterocycles. The summed E-state index contributed by atoms with van der Waals surface area (Å²) in [7, 11) is 0. The van der Waals surface area contributed by atoms with E-state index in [1.165, 1.54) is 30.4 Å². The molecule has 0 unspecified atom stereocenters. The molecule has 5 nitrogen and oxygen atoms in total. The van der Waals surface area contributed by atoms with Gasteiger partial charge in [-0.05, 0) is 30.4 Å². The van der Waals surface area contributed by atoms with Crippen molar-refractivity contribution in [3.05, 3.63) is 35.4 Å². The Labute approximate surface area is 162 Å². The van der Waals surface area contributed by atoms with Crippen molar-refractivity contribution >= 4 is 29.9 Å². The Morgan fingerprint density at radius 2 is 1.75 bits per heavy atom. The molecule has 0 aromatic heterocycles. The van der Waals surface area contributed by atoms with E-state index < -0.39 is 0 Å². The first-order valence-electron chi connectivity index (χ1n) is 8.74. The zero-order chi connectivity index (χ0) is 15.9. The van der Waals surface area contributed by atoms with E-state index in [9.17, 15) is 0 Å². The molecule has 134 valence electrons. The van der Waals surface area contributed by atoms with Crippen LogP contribution in [0.2, 0.25) is 0 Å². The van der Waals surface area contributed by atoms with Crippen molar-refractivity contribution in [1.82, 2.24) is 9.80 Å². The van der Waals surface area contributed by atoms with E-state index in [0.717, 1.165) is 45.9 Å². The van der Waals surface area contributed by atoms with Gasteiger partial charge in [-0.2, -0.15) is 0 Å². The van der Waals surface area contributed by atoms with Crippen molar-refractivity contribution in [3.8, 4) is 0 Å². The van der Waals surface area contributed by atoms with E-state index in [2.05, 4.69) is 39.1 Å². The van der Waals surface area contributed by atoms with E-state index in [-0.39, 0.29) is 24.0 Å². The molecule has 2 aliphatic heterocycles. The molecule has 1 aromatic rings. The van der Waals surface area contributed by atoms with Crippen molar-refractivity contribution in [1.29, 1.82) is 0 Å². The Balaban J connectivity index is 0.00000208. The molecular formula is C18H29IN4O. The average molecular weight is 444 g/mol. The summed E-state index contributed by atoms with van der Waals surface area (Å²) < 4.78 is 5.41. The van der Waals surface area contributed by atoms with Crippen molar-refractivity contribution in [2.45, 2.75) is 32.4 Å². The largest absolute Gasteiger partial charge is 0.379 e. The molecule has 0 saturated carbocycles. The first-order valence-corrected chi connectivity index (χ1v) is 8.74. The lowest BCUT2D eigenvalue weighted by molar-refractivity contribution is 0.0342. The van der Waals surface area contributed by atoms with Gasteiger partial charge in [0.15, 0.2) is 5.96 Å². The number of benzene rings is 1. The third-order valence-electron chi connectivity index (χ3n) is 4.60. The molecule has 2 fully saturated rings. The van der Waals surface area contributed by atoms with E-state index in [4.69, 9.17) is 10.5 Å². The smallest absolute Gasteiger partial charge is 0.191 e. The van der Waals surface area contributed by atoms with Gasteiger partial charge in [0.1, 0.15) is 0 Å². The topological polar surface area (TPSA) is 54.1 Å². The first kappa shape index (κ1) is 19.5. The quantitative estimate of drug-likeness (QED) is 0.441. The van der Waals surface area contributed by atoms with Crippen LogP contribution in [0.15, 0.2) is 29.3 Å². The van der Waals surface area contributed by atoms with Gasteiger partial charge in [-0.3, -0.25) is 4.90 Å². The van der Waals surface area contributed by atoms with Crippen LogP contribution in [-0.2, 0) is 17.8 Å². The Kier molecular flexibility index (Phi) is 8.28. The van der Waals surface area contributed by atoms with Crippen LogP contribution in [-0.4, -0.2) is 55.2 Å². The number of aliphatic imine (C=N–C) groups is 1. The maximum Gasteiger partial charge on any atom is 0.191 e. The minimum Gasteiger partial charge on any atom is -0.379 e. The Morgan fingerprint density at radius 3 is 2.50 bits per heavy atom. The Hall–Kier alpha value is -0.860. The summed E-state index contributed by atoms with van der Waals surface area (Å²) in [5, 5.41) is 0. The number of hydrogen-bond donors (Lipinski definition) is 1. The maximum atomic E-state index is 6.14. The van der Waals surface area contributed by atoms with Gasteiger partial charge in [0.05, 0.1) is 19.8 Å². The predicted molar refractivity (Wildman–Crippen MR) is 109 cm³/mol. The van der Waals surface area contributed by atoms with Crippen molar-refractivity contribution in [3.63, 3.8) is 0 Å². The molecule has 6 heteroatoms. The van der Waals surface area contributed by atoms with Gasteiger partial charge in [-0.25, -0.2) is 4.99 Å². The summed E-state index contributed by atoms with van der Waals surface area (Å²) >= 11 is 0. The summed E-state index contributed by atoms with van der Waals surface area (Å²) in [6.45, 7) is 7.47. The van der Waals surface area contributed by atoms with Gasteiger partial charge in [0, 0.05) is 32.7 Å². The molecule has 0 atom stereocenters. The minimum absolute atomic E-state index is 0. The molecule has 2 saturated heterocycles. The van der Waals surface area contributed by atoms with Crippen molar-refractivity contribution in [2.24, 2.45) is 10.7 Å². The molecule has 0 bridgehead atoms. The Morgan fingerprint density at radius 1 is 1.04 bits per heavy atom. The average Bonchev–Trinajstić information content (AvgIpc) is 2.62. The minimum atomic E-state index is 0. The van der Waals surface area contributed by atoms with Gasteiger partial charge in [-0.1, -0.05) is 24.3 Å². The van der Waals surface area contributed by atoms with E-state index in [1.807, 2.05) is 0 Å². The molecule has 0 aliphatic carbocycles. The standard InChI is InChI=1S/C18H28N4O.HI/c19-18(22-7-2-1-3-8-22)20-14-16-5-4-6-17(13-16)15-21-9-11-23-12-10-21;/h4-6,13H,1-3,7-12,14-15H2,(H2,19,20);1H. The molecule has 0 spiro atoms. The number of nitrogens with two attached hydrogens (primary N) is 1. The van der Waals surface area contributed by atoms with Crippen LogP contribution in [0.5, 0.6) is 0 Å². The lowest BCUT2D eigenvalue weighted by Gasteiger charge is -2.27. The number of rotatable bonds is 4. The fraction of sp³-hybridized carbons (Fsp3) is 0.611. The second kappa shape index (κ2) is 10.2. The third-order valence-corrected chi connectivity index (χ3v) is 4.60. The second-order valence-corrected chi connectivity index (χ2v) is 6.43. The zero-order valence-corrected chi connectivity index (χ0v) is 16.7. The molecule has 2 aliphatic rings. The number of nitrogens with zero attached hydrogens (tertiary/aromatic N) is 3. The fourth-order valence-corrected chi connectivity index (χ4v) is 3.24. The fourth-order valence-electron chi connectivity index (χ4n) is 3.24. The van der Waals surface area contributed by atoms with Gasteiger partial charge >= 0.3 is 0 Å². The lowest BCUT2D eigenvalue weighted by Crippen LogP contribution is -2.40. The molecule has 1 aromatic carbocycles. The van der Waals surface area contributed by atoms with Gasteiger partial charge in [-0.15, -0.1) is 24.0 Å². The summed E-state index contributed by atoms with van der Waals surface area (Å²) in [6.07, 6.45) is 3.77. The van der Waals surface area contributed by atoms with Crippen LogP contribution in [0.3, 0.4) is 0 Å². The number of ether oxygens (including phenoxy) is 1. The highest BCUT2D eigenvalue weighted by Gasteiger charge is 2.12. The van der Waals surface area contributed by atoms with E-state index in [0.29, 0.717) is 12.5 Å². The summed E-state index contributed by atoms with van der Waals surface area (Å²) in [5.74, 6) is 0.697. The van der Waals surface area contributed by atoms with Crippen LogP contribution >= 0.6 is 24.0 Å². The Bertz CT molecular complexity index is 526. The maximum absolute atomic E-state index is 6.14. The molecule has 0 amide bonds. The predicted octanol–water partition coefficient (Wildman–Crippen LogP) is 2.44. The summed E-state index contributed by atoms with van der Waals surface area (Å²) in [6, 6.07) is 8.70. The first-order chi connectivity index (χ1) is 11.3. The highest BCUT2D eigenvalue weighted by molar-refractivity contribution is 14.0. The molecular weight excluding hydrogens is 415 g/mol. The number of halogens is 1. The van der Waals surface area contributed by atoms with Crippen LogP contribution in [0.4, 0.5) is 0 Å². The molecule has 0 radical (unpaired) electrons. The van der Waals surface area contributed by atoms with Crippen LogP contribution < -0.4 is 5.73 Å². The lowest BCUT2D eigenvalue weighted by atomic mass is 10.1. The van der Waals surface area contributed by atoms with E-state index in [1.54, 1.807) is 0 Å². The number of likely N-dealkylation sites (tertiary alicyclic amines) is 1. The van der Waals surface area contributed by atoms with Crippen LogP contribution in [0.1, 0.15) is 30.4 Å². The highest BCUT2D eigenvalue weighted by Crippen LogP contribution is 2.12. The number of morpholine rings is 1. The van der Waals surface area contributed by atoms with Gasteiger partial charge in [0.2, 0.25) is 0 Å². The van der Waals surface area contributed by atoms with E-state index >= 15 is 0 Å². The summed E-state index contributed by atoms with van der Waals surface area (Å²) in [4.78, 5) is 9.24. The third kappa shape index (κ3) is 5.89. The number of guanidine groups is 1. The van der Waals surface area contributed by atoms with Gasteiger partial charge < -0.3 is 15.4 Å². The highest BCUT2D eigenvalue weighted by atomic mass is 127. The van der Waals surface area contributed by atoms with Crippen molar-refractivity contribution < 1.29 is 4.74 Å². The summed E-state index contributed by atoms with van der Waals surface area (Å²) in [5.41, 5.74) is 8.71. The van der Waals surface area contributed by atoms with Gasteiger partial charge in [0.25, 0.3) is 0 Å². The number of hydrogen-bond acceptors (Lipinski definition) is 3. The normalized spacial score (nSPS) is 19.8. The van der Waals surface area contributed by atoms with Crippen molar-refractivity contribution in [2.75, 3.05) is 39.4 Å². The second-order valence-electron chi connectivity index (χ2n) is 6.43. The van der Waals surface area contributed by atoms with Crippen LogP contribution in [0.25, 0.3) is 0 Å². The molecule has 3 rings (SSSR count). The SMILES string of the molecule is I.NC(=NCc1cccc(CN2CCOCC2)c1)N1CCCCC1. The zero-order valence-electron chi connectivity index (χ0n) is 14.3. The molecule has 24 heavy (non-hydrogen) atoms. The molecule has 2 N–H and O–H groups in total. The monoisotopic (exact) mass is 444 g/mol. The van der Waals surface area contributed by atoms with Crippen LogP contribution in [0, 0.1) is 0 Å². The number of piperidine rings is 1.